The van der Waals surface area contributed by atoms with Crippen molar-refractivity contribution in [2.75, 3.05) is 13.1 Å². The summed E-state index contributed by atoms with van der Waals surface area (Å²) in [6.45, 7) is 9.09. The number of nitrogens with zero attached hydrogens (tertiary/aromatic N) is 3. The van der Waals surface area contributed by atoms with E-state index in [1.165, 1.54) is 12.1 Å². The van der Waals surface area contributed by atoms with E-state index in [-0.39, 0.29) is 23.7 Å². The maximum Gasteiger partial charge on any atom is 0.410 e. The molecule has 2 atom stereocenters. The SMILES string of the molecule is CC1CN(C(=O)OC(C)(C)C)CCC1c1ccn(-c2ccc(F)cc2)n1. The maximum absolute atomic E-state index is 13.1. The van der Waals surface area contributed by atoms with Crippen molar-refractivity contribution in [2.45, 2.75) is 45.6 Å². The highest BCUT2D eigenvalue weighted by Gasteiger charge is 2.33. The topological polar surface area (TPSA) is 47.4 Å². The number of piperidine rings is 1. The van der Waals surface area contributed by atoms with E-state index in [1.807, 2.05) is 33.0 Å². The van der Waals surface area contributed by atoms with Crippen molar-refractivity contribution in [2.24, 2.45) is 5.92 Å². The Kier molecular flexibility index (Phi) is 5.03. The molecule has 1 aliphatic heterocycles. The Bertz CT molecular complexity index is 764. The summed E-state index contributed by atoms with van der Waals surface area (Å²) in [4.78, 5) is 14.1. The van der Waals surface area contributed by atoms with E-state index >= 15 is 0 Å². The van der Waals surface area contributed by atoms with Gasteiger partial charge in [0.05, 0.1) is 11.4 Å². The van der Waals surface area contributed by atoms with Crippen LogP contribution in [0.1, 0.15) is 45.7 Å². The Labute approximate surface area is 153 Å². The summed E-state index contributed by atoms with van der Waals surface area (Å²) in [5.74, 6) is 0.312. The number of carbonyl (C=O) groups excluding carboxylic acids is 1. The van der Waals surface area contributed by atoms with Gasteiger partial charge < -0.3 is 9.64 Å². The summed E-state index contributed by atoms with van der Waals surface area (Å²) in [7, 11) is 0. The van der Waals surface area contributed by atoms with Crippen LogP contribution in [0.2, 0.25) is 0 Å². The minimum absolute atomic E-state index is 0.250. The molecule has 0 N–H and O–H groups in total. The quantitative estimate of drug-likeness (QED) is 0.800. The number of benzene rings is 1. The lowest BCUT2D eigenvalue weighted by atomic mass is 9.85. The molecule has 0 bridgehead atoms. The molecule has 0 saturated carbocycles. The molecule has 2 unspecified atom stereocenters. The van der Waals surface area contributed by atoms with Crippen LogP contribution in [-0.2, 0) is 4.74 Å². The summed E-state index contributed by atoms with van der Waals surface area (Å²) in [6.07, 6.45) is 2.50. The van der Waals surface area contributed by atoms with Gasteiger partial charge in [-0.25, -0.2) is 13.9 Å². The van der Waals surface area contributed by atoms with Crippen LogP contribution < -0.4 is 0 Å². The largest absolute Gasteiger partial charge is 0.444 e. The van der Waals surface area contributed by atoms with E-state index < -0.39 is 5.60 Å². The molecule has 2 heterocycles. The van der Waals surface area contributed by atoms with Crippen molar-refractivity contribution in [3.05, 3.63) is 48.0 Å². The van der Waals surface area contributed by atoms with Gasteiger partial charge in [0.15, 0.2) is 0 Å². The summed E-state index contributed by atoms with van der Waals surface area (Å²) < 4.78 is 20.3. The van der Waals surface area contributed by atoms with Crippen molar-refractivity contribution < 1.29 is 13.9 Å². The monoisotopic (exact) mass is 359 g/mol. The zero-order valence-electron chi connectivity index (χ0n) is 15.8. The molecule has 0 spiro atoms. The molecule has 140 valence electrons. The fraction of sp³-hybridized carbons (Fsp3) is 0.500. The summed E-state index contributed by atoms with van der Waals surface area (Å²) >= 11 is 0. The molecule has 2 aromatic rings. The van der Waals surface area contributed by atoms with Gasteiger partial charge in [0, 0.05) is 25.2 Å². The van der Waals surface area contributed by atoms with Gasteiger partial charge in [0.1, 0.15) is 11.4 Å². The molecule has 1 aromatic heterocycles. The number of ether oxygens (including phenoxy) is 1. The Morgan fingerprint density at radius 1 is 1.23 bits per heavy atom. The average molecular weight is 359 g/mol. The molecule has 1 aliphatic rings. The number of amides is 1. The maximum atomic E-state index is 13.1. The van der Waals surface area contributed by atoms with E-state index in [9.17, 15) is 9.18 Å². The fourth-order valence-electron chi connectivity index (χ4n) is 3.35. The Hall–Kier alpha value is -2.37. The number of rotatable bonds is 2. The van der Waals surface area contributed by atoms with E-state index in [2.05, 4.69) is 12.0 Å². The lowest BCUT2D eigenvalue weighted by Crippen LogP contribution is -2.44. The molecule has 1 amide bonds. The van der Waals surface area contributed by atoms with Gasteiger partial charge >= 0.3 is 6.09 Å². The first-order valence-corrected chi connectivity index (χ1v) is 9.02. The smallest absolute Gasteiger partial charge is 0.410 e. The van der Waals surface area contributed by atoms with E-state index in [0.717, 1.165) is 17.8 Å². The van der Waals surface area contributed by atoms with E-state index in [0.29, 0.717) is 13.1 Å². The molecule has 0 radical (unpaired) electrons. The predicted molar refractivity (Wildman–Crippen MR) is 97.9 cm³/mol. The molecule has 1 saturated heterocycles. The van der Waals surface area contributed by atoms with Crippen molar-refractivity contribution in [1.82, 2.24) is 14.7 Å². The molecule has 26 heavy (non-hydrogen) atoms. The molecular weight excluding hydrogens is 333 g/mol. The third kappa shape index (κ3) is 4.23. The van der Waals surface area contributed by atoms with Gasteiger partial charge in [-0.3, -0.25) is 0 Å². The summed E-state index contributed by atoms with van der Waals surface area (Å²) in [5.41, 5.74) is 1.35. The van der Waals surface area contributed by atoms with Gasteiger partial charge in [-0.1, -0.05) is 6.92 Å². The molecule has 1 aromatic carbocycles. The lowest BCUT2D eigenvalue weighted by molar-refractivity contribution is 0.0153. The van der Waals surface area contributed by atoms with Crippen molar-refractivity contribution in [1.29, 1.82) is 0 Å². The Morgan fingerprint density at radius 2 is 1.92 bits per heavy atom. The number of hydrogen-bond donors (Lipinski definition) is 0. The van der Waals surface area contributed by atoms with Crippen LogP contribution in [0.15, 0.2) is 36.5 Å². The van der Waals surface area contributed by atoms with Gasteiger partial charge in [-0.15, -0.1) is 0 Å². The summed E-state index contributed by atoms with van der Waals surface area (Å²) in [6, 6.07) is 8.28. The van der Waals surface area contributed by atoms with Gasteiger partial charge in [0.25, 0.3) is 0 Å². The second-order valence-corrected chi connectivity index (χ2v) is 7.96. The second-order valence-electron chi connectivity index (χ2n) is 7.96. The van der Waals surface area contributed by atoms with E-state index in [1.54, 1.807) is 21.7 Å². The number of aromatic nitrogens is 2. The highest BCUT2D eigenvalue weighted by atomic mass is 19.1. The minimum atomic E-state index is -0.481. The average Bonchev–Trinajstić information content (AvgIpc) is 3.03. The molecular formula is C20H26FN3O2. The Morgan fingerprint density at radius 3 is 2.54 bits per heavy atom. The van der Waals surface area contributed by atoms with Crippen LogP contribution in [0.25, 0.3) is 5.69 Å². The van der Waals surface area contributed by atoms with Gasteiger partial charge in [-0.05, 0) is 63.4 Å². The predicted octanol–water partition coefficient (Wildman–Crippen LogP) is 4.37. The minimum Gasteiger partial charge on any atom is -0.444 e. The Balaban J connectivity index is 1.67. The zero-order valence-corrected chi connectivity index (χ0v) is 15.8. The van der Waals surface area contributed by atoms with Crippen molar-refractivity contribution in [3.63, 3.8) is 0 Å². The van der Waals surface area contributed by atoms with E-state index in [4.69, 9.17) is 4.74 Å². The zero-order chi connectivity index (χ0) is 18.9. The number of carbonyl (C=O) groups is 1. The van der Waals surface area contributed by atoms with Gasteiger partial charge in [0.2, 0.25) is 0 Å². The normalized spacial score (nSPS) is 20.9. The van der Waals surface area contributed by atoms with Crippen molar-refractivity contribution in [3.8, 4) is 5.69 Å². The number of halogens is 1. The standard InChI is InChI=1S/C20H26FN3O2/c1-14-13-23(19(25)26-20(2,3)4)11-9-17(14)18-10-12-24(22-18)16-7-5-15(21)6-8-16/h5-8,10,12,14,17H,9,11,13H2,1-4H3. The first-order chi connectivity index (χ1) is 12.2. The highest BCUT2D eigenvalue weighted by Crippen LogP contribution is 2.32. The van der Waals surface area contributed by atoms with Crippen LogP contribution in [0.3, 0.4) is 0 Å². The van der Waals surface area contributed by atoms with Crippen molar-refractivity contribution >= 4 is 6.09 Å². The highest BCUT2D eigenvalue weighted by molar-refractivity contribution is 5.68. The first kappa shape index (κ1) is 18.4. The third-order valence-electron chi connectivity index (χ3n) is 4.64. The molecule has 3 rings (SSSR count). The van der Waals surface area contributed by atoms with Crippen LogP contribution in [0.4, 0.5) is 9.18 Å². The summed E-state index contributed by atoms with van der Waals surface area (Å²) in [5, 5.41) is 4.67. The molecule has 0 aliphatic carbocycles. The van der Waals surface area contributed by atoms with Crippen LogP contribution >= 0.6 is 0 Å². The third-order valence-corrected chi connectivity index (χ3v) is 4.64. The fourth-order valence-corrected chi connectivity index (χ4v) is 3.35. The molecule has 1 fully saturated rings. The second kappa shape index (κ2) is 7.09. The number of hydrogen-bond acceptors (Lipinski definition) is 3. The van der Waals surface area contributed by atoms with Crippen LogP contribution in [0.5, 0.6) is 0 Å². The molecule has 5 nitrogen and oxygen atoms in total. The number of likely N-dealkylation sites (tertiary alicyclic amines) is 1. The molecule has 6 heteroatoms. The van der Waals surface area contributed by atoms with Gasteiger partial charge in [-0.2, -0.15) is 5.10 Å². The first-order valence-electron chi connectivity index (χ1n) is 9.02. The van der Waals surface area contributed by atoms with Crippen LogP contribution in [-0.4, -0.2) is 39.5 Å². The van der Waals surface area contributed by atoms with Crippen LogP contribution in [0, 0.1) is 11.7 Å². The lowest BCUT2D eigenvalue weighted by Gasteiger charge is -2.37.